The highest BCUT2D eigenvalue weighted by Gasteiger charge is 2.57. The molecule has 0 amide bonds. The van der Waals surface area contributed by atoms with Crippen molar-refractivity contribution in [2.45, 2.75) is 65.4 Å². The minimum absolute atomic E-state index is 0.0821. The minimum atomic E-state index is -0.143. The lowest BCUT2D eigenvalue weighted by Gasteiger charge is -2.53. The Bertz CT molecular complexity index is 643. The van der Waals surface area contributed by atoms with Crippen molar-refractivity contribution >= 4 is 11.8 Å². The molecule has 0 bridgehead atoms. The van der Waals surface area contributed by atoms with Gasteiger partial charge in [0.2, 0.25) is 0 Å². The maximum atomic E-state index is 11.8. The average Bonchev–Trinajstić information content (AvgIpc) is 2.83. The Labute approximate surface area is 144 Å². The highest BCUT2D eigenvalue weighted by molar-refractivity contribution is 5.92. The molecule has 4 aliphatic rings. The van der Waals surface area contributed by atoms with Crippen LogP contribution in [0.5, 0.6) is 0 Å². The normalized spacial score (nSPS) is 44.0. The van der Waals surface area contributed by atoms with Gasteiger partial charge in [-0.2, -0.15) is 0 Å². The minimum Gasteiger partial charge on any atom is -0.462 e. The smallest absolute Gasteiger partial charge is 0.302 e. The number of hydrogen-bond acceptors (Lipinski definition) is 3. The molecule has 0 heterocycles. The third-order valence-corrected chi connectivity index (χ3v) is 7.44. The summed E-state index contributed by atoms with van der Waals surface area (Å²) < 4.78 is 5.70. The number of rotatable bonds is 1. The highest BCUT2D eigenvalue weighted by atomic mass is 16.5. The molecule has 3 nitrogen and oxygen atoms in total. The van der Waals surface area contributed by atoms with Gasteiger partial charge in [0.15, 0.2) is 5.78 Å². The van der Waals surface area contributed by atoms with Crippen LogP contribution < -0.4 is 0 Å². The molecule has 1 unspecified atom stereocenters. The van der Waals surface area contributed by atoms with Crippen molar-refractivity contribution < 1.29 is 14.3 Å². The Morgan fingerprint density at radius 1 is 1.21 bits per heavy atom. The molecule has 0 aromatic carbocycles. The second-order valence-corrected chi connectivity index (χ2v) is 8.66. The number of allylic oxidation sites excluding steroid dienone is 4. The van der Waals surface area contributed by atoms with E-state index in [1.807, 2.05) is 6.08 Å². The van der Waals surface area contributed by atoms with Crippen LogP contribution in [0.2, 0.25) is 0 Å². The van der Waals surface area contributed by atoms with Gasteiger partial charge in [-0.3, -0.25) is 9.59 Å². The number of carbonyl (C=O) groups excluding carboxylic acids is 2. The van der Waals surface area contributed by atoms with Gasteiger partial charge >= 0.3 is 5.97 Å². The molecular weight excluding hydrogens is 300 g/mol. The summed E-state index contributed by atoms with van der Waals surface area (Å²) in [5, 5.41) is 0. The fourth-order valence-corrected chi connectivity index (χ4v) is 6.42. The lowest BCUT2D eigenvalue weighted by molar-refractivity contribution is -0.155. The molecule has 3 heteroatoms. The summed E-state index contributed by atoms with van der Waals surface area (Å²) in [6.45, 7) is 6.13. The van der Waals surface area contributed by atoms with Gasteiger partial charge < -0.3 is 4.74 Å². The zero-order chi connectivity index (χ0) is 17.1. The van der Waals surface area contributed by atoms with Crippen LogP contribution in [0.4, 0.5) is 0 Å². The van der Waals surface area contributed by atoms with Gasteiger partial charge in [0, 0.05) is 18.8 Å². The van der Waals surface area contributed by atoms with E-state index in [1.165, 1.54) is 24.5 Å². The molecule has 130 valence electrons. The van der Waals surface area contributed by atoms with Crippen molar-refractivity contribution in [2.75, 3.05) is 0 Å². The standard InChI is InChI=1S/C21H28O3/c1-12-10-14-11-15(23)4-5-16(14)17-8-9-21(3)18(20(12)17)6-7-19(21)24-13(2)22/h10-11,16-20H,4-9H2,1-3H3/t16-,17+,18-,19?,20+,21-/m0/s1. The van der Waals surface area contributed by atoms with Crippen molar-refractivity contribution in [3.05, 3.63) is 23.3 Å². The summed E-state index contributed by atoms with van der Waals surface area (Å²) in [6.07, 6.45) is 10.5. The van der Waals surface area contributed by atoms with E-state index in [2.05, 4.69) is 19.9 Å². The zero-order valence-electron chi connectivity index (χ0n) is 15.0. The van der Waals surface area contributed by atoms with Gasteiger partial charge in [-0.25, -0.2) is 0 Å². The van der Waals surface area contributed by atoms with Crippen LogP contribution in [-0.4, -0.2) is 17.9 Å². The number of esters is 1. The van der Waals surface area contributed by atoms with Crippen molar-refractivity contribution in [3.8, 4) is 0 Å². The molecule has 0 spiro atoms. The third-order valence-electron chi connectivity index (χ3n) is 7.44. The number of ketones is 1. The SMILES string of the molecule is CC(=O)OC1CC[C@H]2[C@@H]3C(C)=CC4=CC(=O)CC[C@@H]4[C@H]3CC[C@]12C. The molecular formula is C21H28O3. The fraction of sp³-hybridized carbons (Fsp3) is 0.714. The Kier molecular flexibility index (Phi) is 3.74. The van der Waals surface area contributed by atoms with Crippen molar-refractivity contribution in [3.63, 3.8) is 0 Å². The number of ether oxygens (including phenoxy) is 1. The fourth-order valence-electron chi connectivity index (χ4n) is 6.42. The molecule has 0 N–H and O–H groups in total. The second-order valence-electron chi connectivity index (χ2n) is 8.66. The van der Waals surface area contributed by atoms with Crippen LogP contribution in [0.1, 0.15) is 59.3 Å². The van der Waals surface area contributed by atoms with E-state index in [9.17, 15) is 9.59 Å². The maximum Gasteiger partial charge on any atom is 0.302 e. The molecule has 4 aliphatic carbocycles. The average molecular weight is 328 g/mol. The first-order valence-corrected chi connectivity index (χ1v) is 9.50. The summed E-state index contributed by atoms with van der Waals surface area (Å²) in [6, 6.07) is 0. The van der Waals surface area contributed by atoms with E-state index in [0.29, 0.717) is 35.9 Å². The summed E-state index contributed by atoms with van der Waals surface area (Å²) >= 11 is 0. The number of carbonyl (C=O) groups is 2. The van der Waals surface area contributed by atoms with E-state index < -0.39 is 0 Å². The van der Waals surface area contributed by atoms with Crippen LogP contribution in [0, 0.1) is 29.1 Å². The van der Waals surface area contributed by atoms with Gasteiger partial charge in [0.25, 0.3) is 0 Å². The first-order valence-electron chi connectivity index (χ1n) is 9.50. The molecule has 4 rings (SSSR count). The first kappa shape index (κ1) is 16.1. The first-order chi connectivity index (χ1) is 11.4. The predicted molar refractivity (Wildman–Crippen MR) is 92.2 cm³/mol. The van der Waals surface area contributed by atoms with Gasteiger partial charge in [-0.15, -0.1) is 0 Å². The van der Waals surface area contributed by atoms with Crippen molar-refractivity contribution in [1.29, 1.82) is 0 Å². The molecule has 0 radical (unpaired) electrons. The molecule has 0 aromatic rings. The molecule has 6 atom stereocenters. The topological polar surface area (TPSA) is 43.4 Å². The van der Waals surface area contributed by atoms with Gasteiger partial charge in [0.1, 0.15) is 6.10 Å². The van der Waals surface area contributed by atoms with E-state index >= 15 is 0 Å². The Morgan fingerprint density at radius 3 is 2.75 bits per heavy atom. The van der Waals surface area contributed by atoms with Gasteiger partial charge in [-0.05, 0) is 74.3 Å². The van der Waals surface area contributed by atoms with Crippen LogP contribution in [0.3, 0.4) is 0 Å². The molecule has 0 aromatic heterocycles. The number of fused-ring (bicyclic) bond motifs is 5. The lowest BCUT2D eigenvalue weighted by atomic mass is 9.52. The van der Waals surface area contributed by atoms with Gasteiger partial charge in [0.05, 0.1) is 0 Å². The molecule has 0 saturated heterocycles. The van der Waals surface area contributed by atoms with Crippen molar-refractivity contribution in [1.82, 2.24) is 0 Å². The predicted octanol–water partition coefficient (Wildman–Crippen LogP) is 4.23. The van der Waals surface area contributed by atoms with Crippen LogP contribution in [-0.2, 0) is 14.3 Å². The highest BCUT2D eigenvalue weighted by Crippen LogP contribution is 2.62. The lowest BCUT2D eigenvalue weighted by Crippen LogP contribution is -2.48. The number of hydrogen-bond donors (Lipinski definition) is 0. The summed E-state index contributed by atoms with van der Waals surface area (Å²) in [4.78, 5) is 23.3. The van der Waals surface area contributed by atoms with E-state index in [0.717, 1.165) is 25.7 Å². The Balaban J connectivity index is 1.68. The summed E-state index contributed by atoms with van der Waals surface area (Å²) in [5.74, 6) is 2.59. The second kappa shape index (κ2) is 5.57. The van der Waals surface area contributed by atoms with E-state index in [1.54, 1.807) is 0 Å². The molecule has 2 fully saturated rings. The van der Waals surface area contributed by atoms with Crippen molar-refractivity contribution in [2.24, 2.45) is 29.1 Å². The zero-order valence-corrected chi connectivity index (χ0v) is 15.0. The largest absolute Gasteiger partial charge is 0.462 e. The maximum absolute atomic E-state index is 11.8. The molecule has 24 heavy (non-hydrogen) atoms. The van der Waals surface area contributed by atoms with Gasteiger partial charge in [-0.1, -0.05) is 18.6 Å². The summed E-state index contributed by atoms with van der Waals surface area (Å²) in [7, 11) is 0. The van der Waals surface area contributed by atoms with E-state index in [4.69, 9.17) is 4.74 Å². The van der Waals surface area contributed by atoms with Crippen LogP contribution >= 0.6 is 0 Å². The quantitative estimate of drug-likeness (QED) is 0.677. The summed E-state index contributed by atoms with van der Waals surface area (Å²) in [5.41, 5.74) is 2.84. The Hall–Kier alpha value is -1.38. The monoisotopic (exact) mass is 328 g/mol. The van der Waals surface area contributed by atoms with E-state index in [-0.39, 0.29) is 17.5 Å². The van der Waals surface area contributed by atoms with Crippen LogP contribution in [0.15, 0.2) is 23.3 Å². The Morgan fingerprint density at radius 2 is 2.00 bits per heavy atom. The van der Waals surface area contributed by atoms with Crippen LogP contribution in [0.25, 0.3) is 0 Å². The molecule has 0 aliphatic heterocycles. The molecule has 2 saturated carbocycles. The third kappa shape index (κ3) is 2.31.